The largest absolute Gasteiger partial charge is 0.462 e. The van der Waals surface area contributed by atoms with Crippen LogP contribution in [0, 0.1) is 5.41 Å². The Labute approximate surface area is 130 Å². The van der Waals surface area contributed by atoms with Crippen molar-refractivity contribution in [2.75, 3.05) is 6.16 Å². The number of hydrogen-bond donors (Lipinski definition) is 1. The molecule has 120 valence electrons. The molecule has 1 heterocycles. The molecule has 0 bridgehead atoms. The van der Waals surface area contributed by atoms with E-state index in [1.165, 1.54) is 0 Å². The average Bonchev–Trinajstić information content (AvgIpc) is 2.73. The van der Waals surface area contributed by atoms with Crippen molar-refractivity contribution in [2.45, 2.75) is 45.3 Å². The topological polar surface area (TPSA) is 64.6 Å². The van der Waals surface area contributed by atoms with Crippen molar-refractivity contribution in [1.29, 1.82) is 0 Å². The summed E-state index contributed by atoms with van der Waals surface area (Å²) in [5, 5.41) is 2.97. The Hall–Kier alpha value is -1.32. The highest BCUT2D eigenvalue weighted by Gasteiger charge is 2.60. The monoisotopic (exact) mass is 323 g/mol. The summed E-state index contributed by atoms with van der Waals surface area (Å²) in [6.45, 7) is 3.64. The van der Waals surface area contributed by atoms with E-state index in [9.17, 15) is 9.36 Å². The van der Waals surface area contributed by atoms with Gasteiger partial charge in [0.05, 0.1) is 12.3 Å². The van der Waals surface area contributed by atoms with Crippen LogP contribution in [0.3, 0.4) is 0 Å². The normalized spacial score (nSPS) is 29.3. The third-order valence-electron chi connectivity index (χ3n) is 4.39. The summed E-state index contributed by atoms with van der Waals surface area (Å²) in [5.74, 6) is 0.245. The predicted octanol–water partition coefficient (Wildman–Crippen LogP) is 3.35. The van der Waals surface area contributed by atoms with Gasteiger partial charge >= 0.3 is 13.5 Å². The predicted molar refractivity (Wildman–Crippen MR) is 84.0 cm³/mol. The fourth-order valence-corrected chi connectivity index (χ4v) is 6.05. The van der Waals surface area contributed by atoms with E-state index in [1.807, 2.05) is 32.0 Å². The van der Waals surface area contributed by atoms with E-state index < -0.39 is 13.6 Å². The third kappa shape index (κ3) is 2.92. The van der Waals surface area contributed by atoms with Crippen LogP contribution in [-0.4, -0.2) is 24.3 Å². The molecular formula is C16H22NO4P. The lowest BCUT2D eigenvalue weighted by molar-refractivity contribution is -0.153. The highest BCUT2D eigenvalue weighted by molar-refractivity contribution is 7.57. The molecule has 1 aromatic carbocycles. The number of rotatable bonds is 4. The summed E-state index contributed by atoms with van der Waals surface area (Å²) >= 11 is 0. The maximum absolute atomic E-state index is 13.1. The Balaban J connectivity index is 1.78. The molecular weight excluding hydrogens is 301 g/mol. The fraction of sp³-hybridized carbons (Fsp3) is 0.562. The van der Waals surface area contributed by atoms with Gasteiger partial charge in [-0.25, -0.2) is 5.09 Å². The lowest BCUT2D eigenvalue weighted by Crippen LogP contribution is -2.49. The summed E-state index contributed by atoms with van der Waals surface area (Å²) in [4.78, 5) is 12.3. The van der Waals surface area contributed by atoms with Gasteiger partial charge in [-0.1, -0.05) is 24.6 Å². The summed E-state index contributed by atoms with van der Waals surface area (Å²) in [5.41, 5.74) is -0.268. The number of benzene rings is 1. The number of ether oxygens (including phenoxy) is 1. The molecule has 0 amide bonds. The Kier molecular flexibility index (Phi) is 4.04. The van der Waals surface area contributed by atoms with E-state index >= 15 is 0 Å². The van der Waals surface area contributed by atoms with Crippen LogP contribution in [0.25, 0.3) is 0 Å². The molecule has 0 aromatic heterocycles. The second kappa shape index (κ2) is 5.71. The van der Waals surface area contributed by atoms with Crippen molar-refractivity contribution in [3.63, 3.8) is 0 Å². The summed E-state index contributed by atoms with van der Waals surface area (Å²) in [7, 11) is -3.08. The van der Waals surface area contributed by atoms with Crippen LogP contribution < -0.4 is 9.61 Å². The molecule has 1 aliphatic carbocycles. The Bertz CT molecular complexity index is 597. The molecule has 1 unspecified atom stereocenters. The van der Waals surface area contributed by atoms with Crippen molar-refractivity contribution < 1.29 is 18.6 Å². The first-order valence-electron chi connectivity index (χ1n) is 7.75. The zero-order chi connectivity index (χ0) is 15.8. The van der Waals surface area contributed by atoms with E-state index in [0.29, 0.717) is 11.9 Å². The number of carbonyl (C=O) groups is 1. The van der Waals surface area contributed by atoms with Gasteiger partial charge in [0.15, 0.2) is 0 Å². The number of esters is 1. The number of hydrogen-bond acceptors (Lipinski definition) is 4. The zero-order valence-corrected chi connectivity index (χ0v) is 13.8. The maximum atomic E-state index is 13.1. The molecule has 2 fully saturated rings. The van der Waals surface area contributed by atoms with Gasteiger partial charge in [-0.15, -0.1) is 0 Å². The Morgan fingerprint density at radius 2 is 2.00 bits per heavy atom. The summed E-state index contributed by atoms with van der Waals surface area (Å²) in [6.07, 6.45) is 3.05. The van der Waals surface area contributed by atoms with Crippen LogP contribution in [-0.2, 0) is 14.1 Å². The molecule has 2 atom stereocenters. The van der Waals surface area contributed by atoms with Crippen molar-refractivity contribution in [3.05, 3.63) is 30.3 Å². The molecule has 1 saturated carbocycles. The number of para-hydroxylation sites is 1. The Morgan fingerprint density at radius 1 is 1.32 bits per heavy atom. The lowest BCUT2D eigenvalue weighted by Gasteiger charge is -2.40. The average molecular weight is 323 g/mol. The van der Waals surface area contributed by atoms with Crippen molar-refractivity contribution in [1.82, 2.24) is 5.09 Å². The van der Waals surface area contributed by atoms with Crippen LogP contribution in [0.1, 0.15) is 33.1 Å². The molecule has 2 aliphatic rings. The maximum Gasteiger partial charge on any atom is 0.324 e. The highest BCUT2D eigenvalue weighted by atomic mass is 31.2. The number of carbonyl (C=O) groups excluding carboxylic acids is 1. The van der Waals surface area contributed by atoms with E-state index in [-0.39, 0.29) is 17.5 Å². The molecule has 1 saturated heterocycles. The van der Waals surface area contributed by atoms with E-state index in [4.69, 9.17) is 9.26 Å². The van der Waals surface area contributed by atoms with Gasteiger partial charge in [0.25, 0.3) is 0 Å². The molecule has 1 spiro atoms. The third-order valence-corrected chi connectivity index (χ3v) is 6.60. The van der Waals surface area contributed by atoms with Gasteiger partial charge < -0.3 is 9.26 Å². The molecule has 1 N–H and O–H groups in total. The SMILES string of the molecule is CC(C)OC(=O)[C@H]1NP(=O)(Oc2ccccc2)CC12CCC2. The molecule has 1 aromatic rings. The smallest absolute Gasteiger partial charge is 0.324 e. The van der Waals surface area contributed by atoms with Gasteiger partial charge in [0, 0.05) is 5.41 Å². The fourth-order valence-electron chi connectivity index (χ4n) is 3.28. The second-order valence-electron chi connectivity index (χ2n) is 6.50. The first-order chi connectivity index (χ1) is 10.4. The van der Waals surface area contributed by atoms with E-state index in [0.717, 1.165) is 19.3 Å². The van der Waals surface area contributed by atoms with Crippen molar-refractivity contribution in [3.8, 4) is 5.75 Å². The van der Waals surface area contributed by atoms with Gasteiger partial charge in [0.1, 0.15) is 11.8 Å². The molecule has 6 heteroatoms. The van der Waals surface area contributed by atoms with Crippen LogP contribution >= 0.6 is 7.52 Å². The molecule has 1 aliphatic heterocycles. The highest BCUT2D eigenvalue weighted by Crippen LogP contribution is 2.62. The quantitative estimate of drug-likeness (QED) is 0.680. The minimum atomic E-state index is -3.08. The van der Waals surface area contributed by atoms with E-state index in [1.54, 1.807) is 12.1 Å². The lowest BCUT2D eigenvalue weighted by atomic mass is 9.65. The van der Waals surface area contributed by atoms with E-state index in [2.05, 4.69) is 5.09 Å². The first kappa shape index (κ1) is 15.6. The molecule has 3 rings (SSSR count). The van der Waals surface area contributed by atoms with Crippen LogP contribution in [0.4, 0.5) is 0 Å². The second-order valence-corrected chi connectivity index (χ2v) is 8.60. The zero-order valence-electron chi connectivity index (χ0n) is 13.0. The summed E-state index contributed by atoms with van der Waals surface area (Å²) < 4.78 is 24.1. The van der Waals surface area contributed by atoms with Crippen molar-refractivity contribution in [2.24, 2.45) is 5.41 Å². The molecule has 0 radical (unpaired) electrons. The van der Waals surface area contributed by atoms with Crippen LogP contribution in [0.15, 0.2) is 30.3 Å². The van der Waals surface area contributed by atoms with Gasteiger partial charge in [-0.05, 0) is 38.8 Å². The van der Waals surface area contributed by atoms with Crippen LogP contribution in [0.2, 0.25) is 0 Å². The van der Waals surface area contributed by atoms with Crippen LogP contribution in [0.5, 0.6) is 5.75 Å². The minimum Gasteiger partial charge on any atom is -0.462 e. The Morgan fingerprint density at radius 3 is 2.55 bits per heavy atom. The van der Waals surface area contributed by atoms with Gasteiger partial charge in [0.2, 0.25) is 0 Å². The van der Waals surface area contributed by atoms with Crippen molar-refractivity contribution >= 4 is 13.5 Å². The van der Waals surface area contributed by atoms with Gasteiger partial charge in [-0.3, -0.25) is 9.36 Å². The minimum absolute atomic E-state index is 0.179. The standard InChI is InChI=1S/C16H22NO4P/c1-12(2)20-15(18)14-16(9-6-10-16)11-22(19,17-14)21-13-7-4-3-5-8-13/h3-5,7-8,12,14H,6,9-11H2,1-2H3,(H,17,19)/t14-,22?/m1/s1. The summed E-state index contributed by atoms with van der Waals surface area (Å²) in [6, 6.07) is 8.56. The molecule has 22 heavy (non-hydrogen) atoms. The number of nitrogens with one attached hydrogen (secondary N) is 1. The first-order valence-corrected chi connectivity index (χ1v) is 9.56. The molecule has 5 nitrogen and oxygen atoms in total. The van der Waals surface area contributed by atoms with Gasteiger partial charge in [-0.2, -0.15) is 0 Å².